The second kappa shape index (κ2) is 4.31. The molecule has 2 heteroatoms. The van der Waals surface area contributed by atoms with Gasteiger partial charge in [-0.25, -0.2) is 0 Å². The SMILES string of the molecule is OCCc1ccc2c(ccc3cc(O)ccc32)c1. The summed E-state index contributed by atoms with van der Waals surface area (Å²) in [7, 11) is 0. The van der Waals surface area contributed by atoms with Crippen LogP contribution in [-0.4, -0.2) is 16.8 Å². The molecule has 3 rings (SSSR count). The van der Waals surface area contributed by atoms with E-state index in [1.54, 1.807) is 12.1 Å². The lowest BCUT2D eigenvalue weighted by Gasteiger charge is -2.06. The molecule has 2 N–H and O–H groups in total. The van der Waals surface area contributed by atoms with Crippen LogP contribution in [-0.2, 0) is 6.42 Å². The summed E-state index contributed by atoms with van der Waals surface area (Å²) in [5.74, 6) is 0.291. The molecular weight excluding hydrogens is 224 g/mol. The first-order valence-corrected chi connectivity index (χ1v) is 6.03. The lowest BCUT2D eigenvalue weighted by Crippen LogP contribution is -1.90. The lowest BCUT2D eigenvalue weighted by atomic mass is 9.99. The average Bonchev–Trinajstić information content (AvgIpc) is 2.38. The highest BCUT2D eigenvalue weighted by molar-refractivity contribution is 6.07. The number of hydrogen-bond acceptors (Lipinski definition) is 2. The molecule has 0 radical (unpaired) electrons. The fourth-order valence-corrected chi connectivity index (χ4v) is 2.39. The summed E-state index contributed by atoms with van der Waals surface area (Å²) < 4.78 is 0. The van der Waals surface area contributed by atoms with Crippen molar-refractivity contribution < 1.29 is 10.2 Å². The zero-order valence-electron chi connectivity index (χ0n) is 9.93. The average molecular weight is 238 g/mol. The van der Waals surface area contributed by atoms with Gasteiger partial charge in [0.1, 0.15) is 5.75 Å². The van der Waals surface area contributed by atoms with Crippen molar-refractivity contribution in [3.63, 3.8) is 0 Å². The molecule has 0 aromatic heterocycles. The highest BCUT2D eigenvalue weighted by Gasteiger charge is 2.02. The fraction of sp³-hybridized carbons (Fsp3) is 0.125. The molecule has 0 aliphatic rings. The molecule has 0 spiro atoms. The van der Waals surface area contributed by atoms with E-state index in [0.29, 0.717) is 12.2 Å². The maximum atomic E-state index is 9.49. The molecule has 0 unspecified atom stereocenters. The van der Waals surface area contributed by atoms with Crippen LogP contribution in [0.2, 0.25) is 0 Å². The molecule has 0 bridgehead atoms. The van der Waals surface area contributed by atoms with E-state index in [9.17, 15) is 5.11 Å². The minimum absolute atomic E-state index is 0.174. The second-order valence-corrected chi connectivity index (χ2v) is 4.50. The van der Waals surface area contributed by atoms with E-state index < -0.39 is 0 Å². The molecule has 3 aromatic rings. The third-order valence-electron chi connectivity index (χ3n) is 3.28. The van der Waals surface area contributed by atoms with Gasteiger partial charge in [-0.1, -0.05) is 36.4 Å². The fourth-order valence-electron chi connectivity index (χ4n) is 2.39. The Morgan fingerprint density at radius 2 is 1.44 bits per heavy atom. The van der Waals surface area contributed by atoms with Gasteiger partial charge in [-0.15, -0.1) is 0 Å². The van der Waals surface area contributed by atoms with Crippen molar-refractivity contribution in [2.75, 3.05) is 6.61 Å². The largest absolute Gasteiger partial charge is 0.508 e. The van der Waals surface area contributed by atoms with Crippen LogP contribution in [0, 0.1) is 0 Å². The van der Waals surface area contributed by atoms with E-state index in [4.69, 9.17) is 5.11 Å². The van der Waals surface area contributed by atoms with E-state index >= 15 is 0 Å². The predicted molar refractivity (Wildman–Crippen MR) is 73.9 cm³/mol. The van der Waals surface area contributed by atoms with E-state index in [-0.39, 0.29) is 6.61 Å². The monoisotopic (exact) mass is 238 g/mol. The number of fused-ring (bicyclic) bond motifs is 3. The van der Waals surface area contributed by atoms with Crippen molar-refractivity contribution in [2.45, 2.75) is 6.42 Å². The van der Waals surface area contributed by atoms with Gasteiger partial charge in [0.2, 0.25) is 0 Å². The minimum atomic E-state index is 0.174. The quantitative estimate of drug-likeness (QED) is 0.673. The van der Waals surface area contributed by atoms with E-state index in [2.05, 4.69) is 18.2 Å². The smallest absolute Gasteiger partial charge is 0.116 e. The molecule has 0 atom stereocenters. The predicted octanol–water partition coefficient (Wildman–Crippen LogP) is 3.23. The first kappa shape index (κ1) is 11.1. The summed E-state index contributed by atoms with van der Waals surface area (Å²) in [6.07, 6.45) is 0.684. The number of aliphatic hydroxyl groups excluding tert-OH is 1. The molecule has 90 valence electrons. The molecule has 18 heavy (non-hydrogen) atoms. The van der Waals surface area contributed by atoms with Gasteiger partial charge < -0.3 is 10.2 Å². The Labute approximate surface area is 105 Å². The van der Waals surface area contributed by atoms with Crippen LogP contribution in [0.4, 0.5) is 0 Å². The van der Waals surface area contributed by atoms with Crippen LogP contribution in [0.1, 0.15) is 5.56 Å². The summed E-state index contributed by atoms with van der Waals surface area (Å²) >= 11 is 0. The molecule has 0 heterocycles. The summed E-state index contributed by atoms with van der Waals surface area (Å²) in [5, 5.41) is 23.0. The zero-order chi connectivity index (χ0) is 12.5. The van der Waals surface area contributed by atoms with Gasteiger partial charge in [0.05, 0.1) is 0 Å². The third-order valence-corrected chi connectivity index (χ3v) is 3.28. The number of aliphatic hydroxyl groups is 1. The summed E-state index contributed by atoms with van der Waals surface area (Å²) in [4.78, 5) is 0. The van der Waals surface area contributed by atoms with Crippen LogP contribution in [0.15, 0.2) is 48.5 Å². The Bertz CT molecular complexity index is 717. The third kappa shape index (κ3) is 1.81. The minimum Gasteiger partial charge on any atom is -0.508 e. The topological polar surface area (TPSA) is 40.5 Å². The van der Waals surface area contributed by atoms with Crippen LogP contribution in [0.3, 0.4) is 0 Å². The van der Waals surface area contributed by atoms with Crippen LogP contribution in [0.5, 0.6) is 5.75 Å². The molecule has 3 aromatic carbocycles. The lowest BCUT2D eigenvalue weighted by molar-refractivity contribution is 0.299. The van der Waals surface area contributed by atoms with Crippen LogP contribution in [0.25, 0.3) is 21.5 Å². The number of hydrogen-bond donors (Lipinski definition) is 2. The van der Waals surface area contributed by atoms with Gasteiger partial charge in [-0.3, -0.25) is 0 Å². The Balaban J connectivity index is 2.28. The Morgan fingerprint density at radius 3 is 2.17 bits per heavy atom. The second-order valence-electron chi connectivity index (χ2n) is 4.50. The maximum Gasteiger partial charge on any atom is 0.116 e. The van der Waals surface area contributed by atoms with E-state index in [0.717, 1.165) is 16.3 Å². The summed E-state index contributed by atoms with van der Waals surface area (Å²) in [6.45, 7) is 0.174. The van der Waals surface area contributed by atoms with Crippen molar-refractivity contribution >= 4 is 21.5 Å². The number of phenols is 1. The number of rotatable bonds is 2. The van der Waals surface area contributed by atoms with Gasteiger partial charge in [0, 0.05) is 6.61 Å². The molecule has 0 aliphatic heterocycles. The van der Waals surface area contributed by atoms with Crippen molar-refractivity contribution in [1.82, 2.24) is 0 Å². The van der Waals surface area contributed by atoms with E-state index in [1.807, 2.05) is 18.2 Å². The summed E-state index contributed by atoms with van der Waals surface area (Å²) in [5.41, 5.74) is 1.14. The van der Waals surface area contributed by atoms with Crippen LogP contribution < -0.4 is 0 Å². The van der Waals surface area contributed by atoms with Gasteiger partial charge in [0.25, 0.3) is 0 Å². The first-order valence-electron chi connectivity index (χ1n) is 6.03. The highest BCUT2D eigenvalue weighted by atomic mass is 16.3. The van der Waals surface area contributed by atoms with Gasteiger partial charge in [-0.2, -0.15) is 0 Å². The molecule has 0 amide bonds. The Kier molecular flexibility index (Phi) is 2.65. The molecule has 0 saturated heterocycles. The normalized spacial score (nSPS) is 11.2. The Morgan fingerprint density at radius 1 is 0.778 bits per heavy atom. The van der Waals surface area contributed by atoms with Gasteiger partial charge >= 0.3 is 0 Å². The number of phenolic OH excluding ortho intramolecular Hbond substituents is 1. The highest BCUT2D eigenvalue weighted by Crippen LogP contribution is 2.28. The van der Waals surface area contributed by atoms with Crippen LogP contribution >= 0.6 is 0 Å². The summed E-state index contributed by atoms with van der Waals surface area (Å²) in [6, 6.07) is 15.7. The Hall–Kier alpha value is -2.06. The maximum absolute atomic E-state index is 9.49. The van der Waals surface area contributed by atoms with Crippen molar-refractivity contribution in [3.8, 4) is 5.75 Å². The molecule has 0 saturated carbocycles. The zero-order valence-corrected chi connectivity index (χ0v) is 9.93. The number of benzene rings is 3. The molecule has 2 nitrogen and oxygen atoms in total. The standard InChI is InChI=1S/C16H14O2/c17-8-7-11-1-5-15-12(9-11)2-3-13-10-14(18)4-6-16(13)15/h1-6,9-10,17-18H,7-8H2. The number of aromatic hydroxyl groups is 1. The van der Waals surface area contributed by atoms with Crippen molar-refractivity contribution in [2.24, 2.45) is 0 Å². The van der Waals surface area contributed by atoms with E-state index in [1.165, 1.54) is 10.8 Å². The van der Waals surface area contributed by atoms with Gasteiger partial charge in [0.15, 0.2) is 0 Å². The van der Waals surface area contributed by atoms with Crippen molar-refractivity contribution in [1.29, 1.82) is 0 Å². The van der Waals surface area contributed by atoms with Gasteiger partial charge in [-0.05, 0) is 45.7 Å². The molecule has 0 aliphatic carbocycles. The van der Waals surface area contributed by atoms with Crippen molar-refractivity contribution in [3.05, 3.63) is 54.1 Å². The first-order chi connectivity index (χ1) is 8.78. The molecular formula is C16H14O2. The molecule has 0 fully saturated rings.